The van der Waals surface area contributed by atoms with E-state index in [4.69, 9.17) is 15.9 Å². The SMILES string of the molecule is NCCCCCC(=O)O.O=C(O)c1ccc(C(=O)c2ccccc2)cc1. The van der Waals surface area contributed by atoms with Crippen LogP contribution in [-0.4, -0.2) is 34.5 Å². The van der Waals surface area contributed by atoms with Crippen molar-refractivity contribution in [1.82, 2.24) is 0 Å². The summed E-state index contributed by atoms with van der Waals surface area (Å²) in [5, 5.41) is 16.9. The van der Waals surface area contributed by atoms with Gasteiger partial charge in [0.1, 0.15) is 0 Å². The minimum Gasteiger partial charge on any atom is -0.481 e. The predicted octanol–water partition coefficient (Wildman–Crippen LogP) is 3.21. The molecule has 2 aromatic carbocycles. The summed E-state index contributed by atoms with van der Waals surface area (Å²) in [6, 6.07) is 14.8. The summed E-state index contributed by atoms with van der Waals surface area (Å²) < 4.78 is 0. The van der Waals surface area contributed by atoms with Crippen molar-refractivity contribution < 1.29 is 24.6 Å². The Morgan fingerprint density at radius 3 is 1.77 bits per heavy atom. The molecule has 0 radical (unpaired) electrons. The van der Waals surface area contributed by atoms with Crippen LogP contribution < -0.4 is 5.73 Å². The fourth-order valence-electron chi connectivity index (χ4n) is 2.12. The molecule has 0 heterocycles. The Morgan fingerprint density at radius 2 is 1.27 bits per heavy atom. The van der Waals surface area contributed by atoms with Crippen LogP contribution >= 0.6 is 0 Å². The van der Waals surface area contributed by atoms with E-state index in [1.54, 1.807) is 24.3 Å². The molecular formula is C20H23NO5. The minimum absolute atomic E-state index is 0.109. The van der Waals surface area contributed by atoms with Gasteiger partial charge in [0.25, 0.3) is 0 Å². The zero-order valence-corrected chi connectivity index (χ0v) is 14.4. The van der Waals surface area contributed by atoms with Crippen LogP contribution in [0.25, 0.3) is 0 Å². The molecule has 0 aliphatic carbocycles. The number of unbranched alkanes of at least 4 members (excludes halogenated alkanes) is 2. The van der Waals surface area contributed by atoms with E-state index >= 15 is 0 Å². The van der Waals surface area contributed by atoms with Crippen molar-refractivity contribution in [3.63, 3.8) is 0 Å². The zero-order valence-electron chi connectivity index (χ0n) is 14.4. The van der Waals surface area contributed by atoms with Crippen LogP contribution in [0.2, 0.25) is 0 Å². The third-order valence-electron chi connectivity index (χ3n) is 3.52. The van der Waals surface area contributed by atoms with E-state index in [0.29, 0.717) is 17.7 Å². The fourth-order valence-corrected chi connectivity index (χ4v) is 2.12. The number of aromatic carboxylic acids is 1. The van der Waals surface area contributed by atoms with E-state index in [1.165, 1.54) is 24.3 Å². The van der Waals surface area contributed by atoms with Crippen LogP contribution in [0, 0.1) is 0 Å². The Hall–Kier alpha value is -2.99. The summed E-state index contributed by atoms with van der Waals surface area (Å²) in [5.74, 6) is -1.82. The van der Waals surface area contributed by atoms with E-state index in [1.807, 2.05) is 6.07 Å². The van der Waals surface area contributed by atoms with E-state index < -0.39 is 11.9 Å². The lowest BCUT2D eigenvalue weighted by atomic mass is 10.0. The molecule has 2 aromatic rings. The summed E-state index contributed by atoms with van der Waals surface area (Å²) in [6.45, 7) is 0.666. The van der Waals surface area contributed by atoms with E-state index in [9.17, 15) is 14.4 Å². The Bertz CT molecular complexity index is 711. The van der Waals surface area contributed by atoms with Crippen LogP contribution in [0.3, 0.4) is 0 Å². The van der Waals surface area contributed by atoms with Gasteiger partial charge >= 0.3 is 11.9 Å². The van der Waals surface area contributed by atoms with E-state index in [0.717, 1.165) is 19.3 Å². The molecule has 0 unspecified atom stereocenters. The van der Waals surface area contributed by atoms with Crippen LogP contribution in [0.4, 0.5) is 0 Å². The molecule has 4 N–H and O–H groups in total. The van der Waals surface area contributed by atoms with Crippen molar-refractivity contribution in [2.24, 2.45) is 5.73 Å². The van der Waals surface area contributed by atoms with Crippen molar-refractivity contribution in [1.29, 1.82) is 0 Å². The largest absolute Gasteiger partial charge is 0.481 e. The first-order valence-corrected chi connectivity index (χ1v) is 8.30. The van der Waals surface area contributed by atoms with Crippen LogP contribution in [0.5, 0.6) is 0 Å². The first-order chi connectivity index (χ1) is 12.5. The summed E-state index contributed by atoms with van der Waals surface area (Å²) in [5.41, 5.74) is 6.45. The van der Waals surface area contributed by atoms with E-state index in [-0.39, 0.29) is 17.8 Å². The van der Waals surface area contributed by atoms with Gasteiger partial charge in [-0.15, -0.1) is 0 Å². The van der Waals surface area contributed by atoms with Crippen molar-refractivity contribution in [3.8, 4) is 0 Å². The number of carbonyl (C=O) groups is 3. The van der Waals surface area contributed by atoms with Gasteiger partial charge in [-0.3, -0.25) is 9.59 Å². The molecule has 2 rings (SSSR count). The number of benzene rings is 2. The lowest BCUT2D eigenvalue weighted by Gasteiger charge is -2.01. The number of hydrogen-bond acceptors (Lipinski definition) is 4. The number of hydrogen-bond donors (Lipinski definition) is 3. The quantitative estimate of drug-likeness (QED) is 0.493. The summed E-state index contributed by atoms with van der Waals surface area (Å²) in [6.07, 6.45) is 2.91. The Balaban J connectivity index is 0.000000321. The maximum atomic E-state index is 12.0. The highest BCUT2D eigenvalue weighted by molar-refractivity contribution is 6.09. The van der Waals surface area contributed by atoms with Gasteiger partial charge in [-0.05, 0) is 31.5 Å². The predicted molar refractivity (Wildman–Crippen MR) is 98.4 cm³/mol. The molecule has 138 valence electrons. The minimum atomic E-state index is -0.997. The molecule has 0 aliphatic rings. The molecule has 0 aromatic heterocycles. The Kier molecular flexibility index (Phi) is 9.35. The fraction of sp³-hybridized carbons (Fsp3) is 0.250. The molecule has 6 heteroatoms. The van der Waals surface area contributed by atoms with E-state index in [2.05, 4.69) is 0 Å². The highest BCUT2D eigenvalue weighted by atomic mass is 16.4. The second kappa shape index (κ2) is 11.5. The zero-order chi connectivity index (χ0) is 19.4. The molecule has 0 aliphatic heterocycles. The molecule has 0 spiro atoms. The van der Waals surface area contributed by atoms with Gasteiger partial charge in [-0.2, -0.15) is 0 Å². The molecule has 6 nitrogen and oxygen atoms in total. The molecule has 0 saturated heterocycles. The first-order valence-electron chi connectivity index (χ1n) is 8.30. The molecule has 0 fully saturated rings. The number of aliphatic carboxylic acids is 1. The summed E-state index contributed by atoms with van der Waals surface area (Å²) in [4.78, 5) is 32.6. The lowest BCUT2D eigenvalue weighted by Crippen LogP contribution is -2.02. The molecule has 0 amide bonds. The number of carbonyl (C=O) groups excluding carboxylic acids is 1. The standard InChI is InChI=1S/C14H10O3.C6H13NO2/c15-13(10-4-2-1-3-5-10)11-6-8-12(9-7-11)14(16)17;7-5-3-1-2-4-6(8)9/h1-9H,(H,16,17);1-5,7H2,(H,8,9). The highest BCUT2D eigenvalue weighted by Crippen LogP contribution is 2.11. The third kappa shape index (κ3) is 7.72. The summed E-state index contributed by atoms with van der Waals surface area (Å²) >= 11 is 0. The Morgan fingerprint density at radius 1 is 0.731 bits per heavy atom. The molecular weight excluding hydrogens is 334 g/mol. The molecule has 0 bridgehead atoms. The van der Waals surface area contributed by atoms with Gasteiger partial charge in [-0.25, -0.2) is 4.79 Å². The third-order valence-corrected chi connectivity index (χ3v) is 3.52. The van der Waals surface area contributed by atoms with Crippen molar-refractivity contribution in [3.05, 3.63) is 71.3 Å². The molecule has 26 heavy (non-hydrogen) atoms. The second-order valence-electron chi connectivity index (χ2n) is 5.57. The van der Waals surface area contributed by atoms with Gasteiger partial charge in [-0.1, -0.05) is 48.9 Å². The average molecular weight is 357 g/mol. The van der Waals surface area contributed by atoms with Crippen molar-refractivity contribution in [2.45, 2.75) is 25.7 Å². The smallest absolute Gasteiger partial charge is 0.335 e. The number of ketones is 1. The maximum absolute atomic E-state index is 12.0. The van der Waals surface area contributed by atoms with Gasteiger partial charge in [0.15, 0.2) is 5.78 Å². The van der Waals surface area contributed by atoms with Gasteiger partial charge in [0.05, 0.1) is 5.56 Å². The van der Waals surface area contributed by atoms with Crippen LogP contribution in [0.1, 0.15) is 52.0 Å². The first kappa shape index (κ1) is 21.1. The normalized spacial score (nSPS) is 9.73. The average Bonchev–Trinajstić information content (AvgIpc) is 2.66. The number of rotatable bonds is 8. The maximum Gasteiger partial charge on any atom is 0.335 e. The van der Waals surface area contributed by atoms with Crippen LogP contribution in [-0.2, 0) is 4.79 Å². The Labute approximate surface area is 152 Å². The number of carboxylic acids is 2. The molecule has 0 saturated carbocycles. The summed E-state index contributed by atoms with van der Waals surface area (Å²) in [7, 11) is 0. The monoisotopic (exact) mass is 357 g/mol. The van der Waals surface area contributed by atoms with Gasteiger partial charge in [0, 0.05) is 17.5 Å². The highest BCUT2D eigenvalue weighted by Gasteiger charge is 2.09. The second-order valence-corrected chi connectivity index (χ2v) is 5.57. The van der Waals surface area contributed by atoms with Gasteiger partial charge < -0.3 is 15.9 Å². The topological polar surface area (TPSA) is 118 Å². The number of nitrogens with two attached hydrogens (primary N) is 1. The number of carboxylic acid groups (broad SMARTS) is 2. The molecule has 0 atom stereocenters. The van der Waals surface area contributed by atoms with Crippen molar-refractivity contribution >= 4 is 17.7 Å². The van der Waals surface area contributed by atoms with Gasteiger partial charge in [0.2, 0.25) is 0 Å². The lowest BCUT2D eigenvalue weighted by molar-refractivity contribution is -0.137. The van der Waals surface area contributed by atoms with Crippen LogP contribution in [0.15, 0.2) is 54.6 Å². The van der Waals surface area contributed by atoms with Crippen molar-refractivity contribution in [2.75, 3.05) is 6.54 Å².